The molecule has 5 N–H and O–H groups in total. The predicted octanol–water partition coefficient (Wildman–Crippen LogP) is 5.77. The lowest BCUT2D eigenvalue weighted by Crippen LogP contribution is -2.47. The molecule has 0 saturated heterocycles. The Bertz CT molecular complexity index is 1290. The van der Waals surface area contributed by atoms with E-state index in [1.54, 1.807) is 0 Å². The van der Waals surface area contributed by atoms with Crippen LogP contribution >= 0.6 is 22.9 Å². The zero-order valence-corrected chi connectivity index (χ0v) is 23.6. The van der Waals surface area contributed by atoms with Crippen molar-refractivity contribution in [2.75, 3.05) is 10.6 Å². The van der Waals surface area contributed by atoms with Crippen LogP contribution in [0.2, 0.25) is 0 Å². The van der Waals surface area contributed by atoms with Crippen molar-refractivity contribution < 1.29 is 14.4 Å². The largest absolute Gasteiger partial charge is 0.395 e. The van der Waals surface area contributed by atoms with Crippen molar-refractivity contribution in [2.45, 2.75) is 82.2 Å². The van der Waals surface area contributed by atoms with Gasteiger partial charge in [0, 0.05) is 16.6 Å². The van der Waals surface area contributed by atoms with E-state index in [0.29, 0.717) is 11.6 Å². The number of primary amides is 1. The van der Waals surface area contributed by atoms with E-state index in [1.165, 1.54) is 47.5 Å². The SMILES string of the molecule is NC(=O)c1nsc(C(=O)N(c2ccc(C3CCCCC3)cc2)[C@@H](C(=O)NC2CCCCC2)c2cccs2)c1N. The molecular formula is C29H35N5O3S2. The maximum atomic E-state index is 14.2. The molecule has 3 amide bonds. The van der Waals surface area contributed by atoms with Gasteiger partial charge in [0.15, 0.2) is 11.7 Å². The van der Waals surface area contributed by atoms with Gasteiger partial charge in [-0.05, 0) is 72.3 Å². The minimum absolute atomic E-state index is 0.0565. The first-order valence-corrected chi connectivity index (χ1v) is 15.4. The van der Waals surface area contributed by atoms with Gasteiger partial charge < -0.3 is 16.8 Å². The first kappa shape index (κ1) is 27.3. The molecule has 39 heavy (non-hydrogen) atoms. The molecule has 0 unspecified atom stereocenters. The lowest BCUT2D eigenvalue weighted by Gasteiger charge is -2.33. The van der Waals surface area contributed by atoms with E-state index in [9.17, 15) is 14.4 Å². The Morgan fingerprint density at radius 2 is 1.62 bits per heavy atom. The highest BCUT2D eigenvalue weighted by atomic mass is 32.1. The minimum Gasteiger partial charge on any atom is -0.395 e. The Labute approximate surface area is 236 Å². The summed E-state index contributed by atoms with van der Waals surface area (Å²) < 4.78 is 4.04. The van der Waals surface area contributed by atoms with Crippen molar-refractivity contribution in [3.05, 3.63) is 62.8 Å². The van der Waals surface area contributed by atoms with Crippen LogP contribution in [-0.2, 0) is 4.79 Å². The quantitative estimate of drug-likeness (QED) is 0.319. The van der Waals surface area contributed by atoms with Crippen LogP contribution in [0.3, 0.4) is 0 Å². The Hall–Kier alpha value is -3.24. The molecule has 2 aliphatic carbocycles. The zero-order valence-electron chi connectivity index (χ0n) is 21.9. The van der Waals surface area contributed by atoms with Gasteiger partial charge in [-0.15, -0.1) is 11.3 Å². The third-order valence-electron chi connectivity index (χ3n) is 7.89. The second-order valence-corrected chi connectivity index (χ2v) is 12.3. The highest BCUT2D eigenvalue weighted by Gasteiger charge is 2.37. The van der Waals surface area contributed by atoms with Gasteiger partial charge in [0.2, 0.25) is 5.91 Å². The molecule has 8 nitrogen and oxygen atoms in total. The van der Waals surface area contributed by atoms with Gasteiger partial charge in [0.1, 0.15) is 4.88 Å². The van der Waals surface area contributed by atoms with E-state index in [0.717, 1.165) is 54.9 Å². The molecule has 2 fully saturated rings. The van der Waals surface area contributed by atoms with E-state index in [2.05, 4.69) is 21.8 Å². The highest BCUT2D eigenvalue weighted by Crippen LogP contribution is 2.37. The van der Waals surface area contributed by atoms with Gasteiger partial charge in [-0.2, -0.15) is 4.37 Å². The van der Waals surface area contributed by atoms with Crippen LogP contribution < -0.4 is 21.7 Å². The Kier molecular flexibility index (Phi) is 8.62. The van der Waals surface area contributed by atoms with Crippen LogP contribution in [0.4, 0.5) is 11.4 Å². The van der Waals surface area contributed by atoms with Gasteiger partial charge in [0.25, 0.3) is 11.8 Å². The summed E-state index contributed by atoms with van der Waals surface area (Å²) >= 11 is 2.25. The smallest absolute Gasteiger partial charge is 0.273 e. The second-order valence-electron chi connectivity index (χ2n) is 10.5. The van der Waals surface area contributed by atoms with Crippen molar-refractivity contribution in [3.63, 3.8) is 0 Å². The number of aromatic nitrogens is 1. The van der Waals surface area contributed by atoms with E-state index >= 15 is 0 Å². The number of anilines is 2. The number of nitrogens with zero attached hydrogens (tertiary/aromatic N) is 2. The number of nitrogens with two attached hydrogens (primary N) is 2. The lowest BCUT2D eigenvalue weighted by atomic mass is 9.84. The fourth-order valence-electron chi connectivity index (χ4n) is 5.81. The molecule has 0 radical (unpaired) electrons. The molecule has 5 rings (SSSR count). The Balaban J connectivity index is 1.55. The highest BCUT2D eigenvalue weighted by molar-refractivity contribution is 7.10. The molecule has 0 spiro atoms. The third-order valence-corrected chi connectivity index (χ3v) is 9.67. The number of benzene rings is 1. The molecule has 3 aromatic rings. The second kappa shape index (κ2) is 12.3. The number of hydrogen-bond acceptors (Lipinski definition) is 7. The number of carbonyl (C=O) groups excluding carboxylic acids is 3. The molecular weight excluding hydrogens is 530 g/mol. The average Bonchev–Trinajstić information content (AvgIpc) is 3.62. The van der Waals surface area contributed by atoms with Crippen molar-refractivity contribution in [1.29, 1.82) is 0 Å². The minimum atomic E-state index is -0.904. The number of carbonyl (C=O) groups is 3. The summed E-state index contributed by atoms with van der Waals surface area (Å²) in [6.07, 6.45) is 11.2. The molecule has 1 atom stereocenters. The van der Waals surface area contributed by atoms with Crippen LogP contribution in [0, 0.1) is 0 Å². The number of thiophene rings is 1. The fraction of sp³-hybridized carbons (Fsp3) is 0.448. The number of nitrogen functional groups attached to an aromatic ring is 1. The molecule has 10 heteroatoms. The van der Waals surface area contributed by atoms with Gasteiger partial charge in [0.05, 0.1) is 5.69 Å². The first-order valence-electron chi connectivity index (χ1n) is 13.8. The summed E-state index contributed by atoms with van der Waals surface area (Å²) in [6, 6.07) is 10.9. The number of nitrogens with one attached hydrogen (secondary N) is 1. The molecule has 0 bridgehead atoms. The summed E-state index contributed by atoms with van der Waals surface area (Å²) in [6.45, 7) is 0. The molecule has 1 aromatic carbocycles. The Morgan fingerprint density at radius 1 is 0.949 bits per heavy atom. The van der Waals surface area contributed by atoms with E-state index in [-0.39, 0.29) is 28.2 Å². The van der Waals surface area contributed by atoms with E-state index in [4.69, 9.17) is 11.5 Å². The molecule has 2 aliphatic rings. The molecule has 2 saturated carbocycles. The van der Waals surface area contributed by atoms with Crippen LogP contribution in [0.25, 0.3) is 0 Å². The van der Waals surface area contributed by atoms with Crippen molar-refractivity contribution in [1.82, 2.24) is 9.69 Å². The van der Waals surface area contributed by atoms with Crippen molar-refractivity contribution in [2.24, 2.45) is 5.73 Å². The van der Waals surface area contributed by atoms with E-state index < -0.39 is 17.9 Å². The maximum Gasteiger partial charge on any atom is 0.273 e. The maximum absolute atomic E-state index is 14.2. The lowest BCUT2D eigenvalue weighted by molar-refractivity contribution is -0.123. The molecule has 0 aliphatic heterocycles. The number of amides is 3. The standard InChI is InChI=1S/C29H35N5O3S2/c30-23-24(27(31)35)33-39-26(23)29(37)34(21-15-13-19(14-16-21)18-8-3-1-4-9-18)25(22-12-7-17-38-22)28(36)32-20-10-5-2-6-11-20/h7,12-18,20,25H,1-6,8-11,30H2,(H2,31,35)(H,32,36)/t25-/m1/s1. The van der Waals surface area contributed by atoms with Crippen LogP contribution in [-0.4, -0.2) is 28.1 Å². The summed E-state index contributed by atoms with van der Waals surface area (Å²) in [7, 11) is 0. The summed E-state index contributed by atoms with van der Waals surface area (Å²) in [5, 5.41) is 5.12. The van der Waals surface area contributed by atoms with Gasteiger partial charge in [-0.1, -0.05) is 56.7 Å². The zero-order chi connectivity index (χ0) is 27.4. The van der Waals surface area contributed by atoms with Crippen LogP contribution in [0.1, 0.15) is 107 Å². The fourth-order valence-corrected chi connectivity index (χ4v) is 7.37. The van der Waals surface area contributed by atoms with Crippen LogP contribution in [0.15, 0.2) is 41.8 Å². The molecule has 2 heterocycles. The van der Waals surface area contributed by atoms with Gasteiger partial charge >= 0.3 is 0 Å². The summed E-state index contributed by atoms with van der Waals surface area (Å²) in [5.41, 5.74) is 13.3. The molecule has 206 valence electrons. The predicted molar refractivity (Wildman–Crippen MR) is 156 cm³/mol. The normalized spacial score (nSPS) is 17.4. The van der Waals surface area contributed by atoms with Crippen molar-refractivity contribution >= 4 is 52.0 Å². The number of hydrogen-bond donors (Lipinski definition) is 3. The van der Waals surface area contributed by atoms with Crippen molar-refractivity contribution in [3.8, 4) is 0 Å². The average molecular weight is 566 g/mol. The topological polar surface area (TPSA) is 131 Å². The molecule has 2 aromatic heterocycles. The first-order chi connectivity index (χ1) is 18.9. The summed E-state index contributed by atoms with van der Waals surface area (Å²) in [4.78, 5) is 42.3. The van der Waals surface area contributed by atoms with Crippen LogP contribution in [0.5, 0.6) is 0 Å². The third kappa shape index (κ3) is 6.01. The van der Waals surface area contributed by atoms with E-state index in [1.807, 2.05) is 29.6 Å². The number of rotatable bonds is 8. The Morgan fingerprint density at radius 3 is 2.21 bits per heavy atom. The van der Waals surface area contributed by atoms with Gasteiger partial charge in [-0.3, -0.25) is 19.3 Å². The monoisotopic (exact) mass is 565 g/mol. The summed E-state index contributed by atoms with van der Waals surface area (Å²) in [5.74, 6) is -1.00. The van der Waals surface area contributed by atoms with Gasteiger partial charge in [-0.25, -0.2) is 0 Å².